The predicted octanol–water partition coefficient (Wildman–Crippen LogP) is 2.97. The van der Waals surface area contributed by atoms with E-state index in [2.05, 4.69) is 25.2 Å². The number of benzene rings is 1. The van der Waals surface area contributed by atoms with Gasteiger partial charge in [-0.2, -0.15) is 4.98 Å². The summed E-state index contributed by atoms with van der Waals surface area (Å²) in [7, 11) is 0. The van der Waals surface area contributed by atoms with Crippen molar-refractivity contribution in [3.05, 3.63) is 47.9 Å². The molecule has 3 heterocycles. The highest BCUT2D eigenvalue weighted by Crippen LogP contribution is 2.27. The largest absolute Gasteiger partial charge is 0.422 e. The van der Waals surface area contributed by atoms with Crippen LogP contribution >= 0.6 is 0 Å². The molecule has 1 aromatic carbocycles. The highest BCUT2D eigenvalue weighted by molar-refractivity contribution is 5.94. The summed E-state index contributed by atoms with van der Waals surface area (Å²) in [5.41, 5.74) is 1.66. The number of carbonyl (C=O) groups is 1. The standard InChI is InChI=1S/C20H22FN5O2/c1-2-16-25-17-18(23-12-24-20(17)28-16)26-9-3-4-13(11-26)10-22-19(27)14-5-7-15(21)8-6-14/h5-8,12-13H,2-4,9-11H2,1H3,(H,22,27)/t13-/m1/s1. The molecule has 1 aliphatic heterocycles. The Bertz CT molecular complexity index is 972. The maximum Gasteiger partial charge on any atom is 0.252 e. The summed E-state index contributed by atoms with van der Waals surface area (Å²) in [6.07, 6.45) is 4.23. The van der Waals surface area contributed by atoms with Gasteiger partial charge in [0.15, 0.2) is 17.2 Å². The van der Waals surface area contributed by atoms with E-state index in [1.165, 1.54) is 30.6 Å². The Balaban J connectivity index is 1.43. The van der Waals surface area contributed by atoms with Crippen LogP contribution < -0.4 is 10.2 Å². The highest BCUT2D eigenvalue weighted by Gasteiger charge is 2.24. The fourth-order valence-electron chi connectivity index (χ4n) is 3.53. The SMILES string of the molecule is CCc1nc2c(N3CCC[C@H](CNC(=O)c4ccc(F)cc4)C3)ncnc2o1. The summed E-state index contributed by atoms with van der Waals surface area (Å²) in [5.74, 6) is 1.18. The lowest BCUT2D eigenvalue weighted by Crippen LogP contribution is -2.41. The van der Waals surface area contributed by atoms with Gasteiger partial charge < -0.3 is 14.6 Å². The molecule has 4 rings (SSSR count). The van der Waals surface area contributed by atoms with Gasteiger partial charge in [-0.1, -0.05) is 6.92 Å². The second-order valence-electron chi connectivity index (χ2n) is 6.98. The molecule has 7 nitrogen and oxygen atoms in total. The number of anilines is 1. The number of aryl methyl sites for hydroxylation is 1. The maximum atomic E-state index is 13.0. The highest BCUT2D eigenvalue weighted by atomic mass is 19.1. The second-order valence-corrected chi connectivity index (χ2v) is 6.98. The number of rotatable bonds is 5. The molecule has 146 valence electrons. The van der Waals surface area contributed by atoms with Crippen LogP contribution in [0.2, 0.25) is 0 Å². The minimum atomic E-state index is -0.352. The number of hydrogen-bond acceptors (Lipinski definition) is 6. The van der Waals surface area contributed by atoms with Gasteiger partial charge in [-0.15, -0.1) is 0 Å². The van der Waals surface area contributed by atoms with Gasteiger partial charge in [0.1, 0.15) is 12.1 Å². The Morgan fingerprint density at radius 2 is 2.14 bits per heavy atom. The Morgan fingerprint density at radius 1 is 1.32 bits per heavy atom. The molecule has 8 heteroatoms. The van der Waals surface area contributed by atoms with Gasteiger partial charge in [-0.05, 0) is 43.0 Å². The molecule has 0 spiro atoms. The van der Waals surface area contributed by atoms with Gasteiger partial charge in [0, 0.05) is 31.6 Å². The summed E-state index contributed by atoms with van der Waals surface area (Å²) in [5, 5.41) is 2.96. The van der Waals surface area contributed by atoms with Crippen molar-refractivity contribution >= 4 is 23.0 Å². The van der Waals surface area contributed by atoms with E-state index in [9.17, 15) is 9.18 Å². The molecule has 1 fully saturated rings. The lowest BCUT2D eigenvalue weighted by atomic mass is 9.97. The van der Waals surface area contributed by atoms with Crippen molar-refractivity contribution in [3.8, 4) is 0 Å². The lowest BCUT2D eigenvalue weighted by molar-refractivity contribution is 0.0945. The molecule has 0 aliphatic carbocycles. The number of piperidine rings is 1. The van der Waals surface area contributed by atoms with Crippen molar-refractivity contribution in [2.45, 2.75) is 26.2 Å². The summed E-state index contributed by atoms with van der Waals surface area (Å²) in [6, 6.07) is 5.57. The van der Waals surface area contributed by atoms with Gasteiger partial charge in [-0.25, -0.2) is 14.4 Å². The van der Waals surface area contributed by atoms with Crippen molar-refractivity contribution in [1.29, 1.82) is 0 Å². The zero-order valence-corrected chi connectivity index (χ0v) is 15.7. The first-order chi connectivity index (χ1) is 13.6. The van der Waals surface area contributed by atoms with Gasteiger partial charge in [0.05, 0.1) is 0 Å². The third kappa shape index (κ3) is 3.81. The Labute approximate surface area is 162 Å². The van der Waals surface area contributed by atoms with Crippen LogP contribution in [0.25, 0.3) is 11.2 Å². The molecule has 0 radical (unpaired) electrons. The number of nitrogens with one attached hydrogen (secondary N) is 1. The molecular weight excluding hydrogens is 361 g/mol. The third-order valence-electron chi connectivity index (χ3n) is 5.00. The molecule has 1 saturated heterocycles. The average molecular weight is 383 g/mol. The smallest absolute Gasteiger partial charge is 0.252 e. The number of carbonyl (C=O) groups excluding carboxylic acids is 1. The van der Waals surface area contributed by atoms with Crippen molar-refractivity contribution in [2.75, 3.05) is 24.5 Å². The number of amides is 1. The van der Waals surface area contributed by atoms with Crippen LogP contribution in [0.3, 0.4) is 0 Å². The zero-order valence-electron chi connectivity index (χ0n) is 15.7. The molecule has 0 saturated carbocycles. The number of fused-ring (bicyclic) bond motifs is 1. The first-order valence-corrected chi connectivity index (χ1v) is 9.53. The quantitative estimate of drug-likeness (QED) is 0.729. The zero-order chi connectivity index (χ0) is 19.5. The Hall–Kier alpha value is -3.03. The molecule has 0 bridgehead atoms. The predicted molar refractivity (Wildman–Crippen MR) is 103 cm³/mol. The van der Waals surface area contributed by atoms with Gasteiger partial charge in [0.25, 0.3) is 11.6 Å². The van der Waals surface area contributed by atoms with Gasteiger partial charge in [-0.3, -0.25) is 4.79 Å². The van der Waals surface area contributed by atoms with Crippen LogP contribution in [-0.4, -0.2) is 40.5 Å². The third-order valence-corrected chi connectivity index (χ3v) is 5.00. The maximum absolute atomic E-state index is 13.0. The number of hydrogen-bond donors (Lipinski definition) is 1. The molecule has 1 atom stereocenters. The molecule has 0 unspecified atom stereocenters. The minimum Gasteiger partial charge on any atom is -0.422 e. The molecular formula is C20H22FN5O2. The van der Waals surface area contributed by atoms with Crippen LogP contribution in [0, 0.1) is 11.7 Å². The Kier molecular flexibility index (Phi) is 5.18. The van der Waals surface area contributed by atoms with Crippen LogP contribution in [-0.2, 0) is 6.42 Å². The van der Waals surface area contributed by atoms with E-state index < -0.39 is 0 Å². The second kappa shape index (κ2) is 7.92. The molecule has 3 aromatic rings. The fourth-order valence-corrected chi connectivity index (χ4v) is 3.53. The van der Waals surface area contributed by atoms with Crippen LogP contribution in [0.15, 0.2) is 35.0 Å². The minimum absolute atomic E-state index is 0.189. The van der Waals surface area contributed by atoms with E-state index in [1.807, 2.05) is 6.92 Å². The normalized spacial score (nSPS) is 17.1. The fraction of sp³-hybridized carbons (Fsp3) is 0.400. The van der Waals surface area contributed by atoms with Crippen molar-refractivity contribution in [3.63, 3.8) is 0 Å². The van der Waals surface area contributed by atoms with Gasteiger partial charge in [0.2, 0.25) is 0 Å². The van der Waals surface area contributed by atoms with Gasteiger partial charge >= 0.3 is 0 Å². The first-order valence-electron chi connectivity index (χ1n) is 9.53. The molecule has 1 amide bonds. The summed E-state index contributed by atoms with van der Waals surface area (Å²) >= 11 is 0. The number of oxazole rings is 1. The number of halogens is 1. The van der Waals surface area contributed by atoms with Crippen molar-refractivity contribution < 1.29 is 13.6 Å². The summed E-state index contributed by atoms with van der Waals surface area (Å²) in [6.45, 7) is 4.19. The van der Waals surface area contributed by atoms with E-state index in [0.717, 1.165) is 31.7 Å². The van der Waals surface area contributed by atoms with E-state index in [-0.39, 0.29) is 11.7 Å². The topological polar surface area (TPSA) is 84.2 Å². The van der Waals surface area contributed by atoms with E-state index in [4.69, 9.17) is 4.42 Å². The summed E-state index contributed by atoms with van der Waals surface area (Å²) < 4.78 is 18.6. The van der Waals surface area contributed by atoms with E-state index >= 15 is 0 Å². The monoisotopic (exact) mass is 383 g/mol. The Morgan fingerprint density at radius 3 is 2.93 bits per heavy atom. The average Bonchev–Trinajstić information content (AvgIpc) is 3.16. The molecule has 28 heavy (non-hydrogen) atoms. The summed E-state index contributed by atoms with van der Waals surface area (Å²) in [4.78, 5) is 27.6. The van der Waals surface area contributed by atoms with Crippen molar-refractivity contribution in [2.24, 2.45) is 5.92 Å². The van der Waals surface area contributed by atoms with Crippen LogP contribution in [0.4, 0.5) is 10.2 Å². The van der Waals surface area contributed by atoms with Crippen molar-refractivity contribution in [1.82, 2.24) is 20.3 Å². The molecule has 1 aliphatic rings. The van der Waals surface area contributed by atoms with Crippen LogP contribution in [0.1, 0.15) is 36.0 Å². The van der Waals surface area contributed by atoms with Crippen LogP contribution in [0.5, 0.6) is 0 Å². The van der Waals surface area contributed by atoms with E-state index in [0.29, 0.717) is 41.6 Å². The first kappa shape index (κ1) is 18.3. The molecule has 1 N–H and O–H groups in total. The molecule has 2 aromatic heterocycles. The lowest BCUT2D eigenvalue weighted by Gasteiger charge is -2.33. The van der Waals surface area contributed by atoms with E-state index in [1.54, 1.807) is 0 Å². The number of nitrogens with zero attached hydrogens (tertiary/aromatic N) is 4. The number of aromatic nitrogens is 3.